The fraction of sp³-hybridized carbons (Fsp3) is 0.269. The fourth-order valence-corrected chi connectivity index (χ4v) is 4.05. The predicted octanol–water partition coefficient (Wildman–Crippen LogP) is 3.36. The lowest BCUT2D eigenvalue weighted by molar-refractivity contribution is 0.219. The molecule has 33 heavy (non-hydrogen) atoms. The summed E-state index contributed by atoms with van der Waals surface area (Å²) in [6, 6.07) is 11.8. The maximum absolute atomic E-state index is 9.96. The predicted molar refractivity (Wildman–Crippen MR) is 130 cm³/mol. The van der Waals surface area contributed by atoms with Crippen LogP contribution in [0.5, 0.6) is 0 Å². The summed E-state index contributed by atoms with van der Waals surface area (Å²) in [7, 11) is 0. The van der Waals surface area contributed by atoms with E-state index in [0.29, 0.717) is 23.6 Å². The highest BCUT2D eigenvalue weighted by Gasteiger charge is 2.35. The van der Waals surface area contributed by atoms with Gasteiger partial charge in [-0.05, 0) is 60.9 Å². The van der Waals surface area contributed by atoms with Crippen LogP contribution in [0.2, 0.25) is 0 Å². The zero-order valence-electron chi connectivity index (χ0n) is 19.0. The number of benzene rings is 2. The molecule has 0 amide bonds. The molecule has 166 valence electrons. The molecule has 0 saturated heterocycles. The van der Waals surface area contributed by atoms with Crippen molar-refractivity contribution in [2.45, 2.75) is 26.2 Å². The van der Waals surface area contributed by atoms with Crippen molar-refractivity contribution < 1.29 is 5.11 Å². The van der Waals surface area contributed by atoms with Gasteiger partial charge in [-0.15, -0.1) is 0 Å². The number of nitrogens with zero attached hydrogens (tertiary/aromatic N) is 3. The number of rotatable bonds is 4. The highest BCUT2D eigenvalue weighted by molar-refractivity contribution is 5.74. The molecule has 2 heterocycles. The van der Waals surface area contributed by atoms with Crippen LogP contribution in [-0.4, -0.2) is 34.8 Å². The van der Waals surface area contributed by atoms with Gasteiger partial charge in [0.2, 0.25) is 5.95 Å². The first kappa shape index (κ1) is 22.3. The molecule has 7 nitrogen and oxygen atoms in total. The molecular formula is C26H26N6O. The van der Waals surface area contributed by atoms with Crippen molar-refractivity contribution in [2.75, 3.05) is 30.3 Å². The van der Waals surface area contributed by atoms with Crippen LogP contribution < -0.4 is 16.4 Å². The van der Waals surface area contributed by atoms with Gasteiger partial charge < -0.3 is 21.5 Å². The molecule has 7 heteroatoms. The smallest absolute Gasteiger partial charge is 0.227 e. The standard InChI is InChI=1S/C26H26N6O/c1-16-9-18(5-4-7-27)20(13-28)12-23(16)32-25-29-8-6-22(31-25)19-10-17(2)24-21(11-19)26(3,15-33)14-30-24/h6,8-12,30,33H,7,14-15,27H2,1-3H3,(H,29,31,32)/t26-/m1/s1. The minimum atomic E-state index is -0.330. The molecule has 0 saturated carbocycles. The molecule has 0 fully saturated rings. The van der Waals surface area contributed by atoms with Gasteiger partial charge in [0.05, 0.1) is 24.4 Å². The summed E-state index contributed by atoms with van der Waals surface area (Å²) >= 11 is 0. The van der Waals surface area contributed by atoms with Crippen LogP contribution in [0.15, 0.2) is 36.5 Å². The Balaban J connectivity index is 1.69. The van der Waals surface area contributed by atoms with Gasteiger partial charge in [-0.3, -0.25) is 0 Å². The van der Waals surface area contributed by atoms with Crippen LogP contribution >= 0.6 is 0 Å². The Hall–Kier alpha value is -3.91. The first-order valence-corrected chi connectivity index (χ1v) is 10.7. The van der Waals surface area contributed by atoms with E-state index in [-0.39, 0.29) is 18.6 Å². The molecule has 1 atom stereocenters. The number of hydrogen-bond donors (Lipinski definition) is 4. The highest BCUT2D eigenvalue weighted by Crippen LogP contribution is 2.41. The van der Waals surface area contributed by atoms with Crippen LogP contribution in [0.1, 0.15) is 34.7 Å². The Morgan fingerprint density at radius 2 is 2.03 bits per heavy atom. The second-order valence-corrected chi connectivity index (χ2v) is 8.51. The van der Waals surface area contributed by atoms with Crippen molar-refractivity contribution in [1.29, 1.82) is 5.26 Å². The number of anilines is 3. The topological polar surface area (TPSA) is 120 Å². The number of aryl methyl sites for hydroxylation is 2. The number of aliphatic hydroxyl groups excluding tert-OH is 1. The minimum Gasteiger partial charge on any atom is -0.395 e. The number of hydrogen-bond acceptors (Lipinski definition) is 7. The van der Waals surface area contributed by atoms with Crippen LogP contribution in [-0.2, 0) is 5.41 Å². The molecule has 1 aliphatic rings. The number of nitriles is 1. The molecule has 1 aliphatic heterocycles. The Morgan fingerprint density at radius 3 is 2.76 bits per heavy atom. The van der Waals surface area contributed by atoms with Crippen molar-refractivity contribution >= 4 is 17.3 Å². The van der Waals surface area contributed by atoms with Gasteiger partial charge in [-0.1, -0.05) is 18.8 Å². The van der Waals surface area contributed by atoms with Gasteiger partial charge >= 0.3 is 0 Å². The second-order valence-electron chi connectivity index (χ2n) is 8.51. The average Bonchev–Trinajstić information content (AvgIpc) is 3.17. The number of aliphatic hydroxyl groups is 1. The normalized spacial score (nSPS) is 16.2. The molecule has 1 aromatic heterocycles. The quantitative estimate of drug-likeness (QED) is 0.461. The molecule has 0 unspecified atom stereocenters. The van der Waals surface area contributed by atoms with Crippen molar-refractivity contribution in [3.63, 3.8) is 0 Å². The van der Waals surface area contributed by atoms with Crippen LogP contribution in [0.25, 0.3) is 11.3 Å². The summed E-state index contributed by atoms with van der Waals surface area (Å²) in [5, 5.41) is 26.1. The average molecular weight is 439 g/mol. The minimum absolute atomic E-state index is 0.0681. The largest absolute Gasteiger partial charge is 0.395 e. The molecule has 0 radical (unpaired) electrons. The molecule has 5 N–H and O–H groups in total. The lowest BCUT2D eigenvalue weighted by Gasteiger charge is -2.21. The summed E-state index contributed by atoms with van der Waals surface area (Å²) in [6.07, 6.45) is 1.71. The number of fused-ring (bicyclic) bond motifs is 1. The van der Waals surface area contributed by atoms with Gasteiger partial charge in [0.1, 0.15) is 6.07 Å². The molecule has 4 rings (SSSR count). The second kappa shape index (κ2) is 8.91. The van der Waals surface area contributed by atoms with Gasteiger partial charge in [0.15, 0.2) is 0 Å². The van der Waals surface area contributed by atoms with Crippen molar-refractivity contribution in [3.8, 4) is 29.2 Å². The summed E-state index contributed by atoms with van der Waals surface area (Å²) in [5.74, 6) is 6.17. The van der Waals surface area contributed by atoms with E-state index in [2.05, 4.69) is 59.5 Å². The van der Waals surface area contributed by atoms with Crippen LogP contribution in [0.4, 0.5) is 17.3 Å². The van der Waals surface area contributed by atoms with Crippen LogP contribution in [0, 0.1) is 37.0 Å². The Morgan fingerprint density at radius 1 is 1.21 bits per heavy atom. The molecule has 0 spiro atoms. The maximum Gasteiger partial charge on any atom is 0.227 e. The first-order chi connectivity index (χ1) is 15.9. The highest BCUT2D eigenvalue weighted by atomic mass is 16.3. The fourth-order valence-electron chi connectivity index (χ4n) is 4.05. The van der Waals surface area contributed by atoms with E-state index in [1.165, 1.54) is 0 Å². The van der Waals surface area contributed by atoms with E-state index in [9.17, 15) is 10.4 Å². The van der Waals surface area contributed by atoms with E-state index in [4.69, 9.17) is 10.7 Å². The van der Waals surface area contributed by atoms with Gasteiger partial charge in [0.25, 0.3) is 0 Å². The molecular weight excluding hydrogens is 412 g/mol. The number of aromatic nitrogens is 2. The Labute approximate surface area is 193 Å². The van der Waals surface area contributed by atoms with Gasteiger partial charge in [0, 0.05) is 40.7 Å². The van der Waals surface area contributed by atoms with E-state index >= 15 is 0 Å². The van der Waals surface area contributed by atoms with Crippen molar-refractivity contribution in [1.82, 2.24) is 9.97 Å². The Kier molecular flexibility index (Phi) is 6.02. The number of nitrogens with two attached hydrogens (primary N) is 1. The van der Waals surface area contributed by atoms with Crippen LogP contribution in [0.3, 0.4) is 0 Å². The van der Waals surface area contributed by atoms with Crippen molar-refractivity contribution in [2.24, 2.45) is 5.73 Å². The summed E-state index contributed by atoms with van der Waals surface area (Å²) < 4.78 is 0. The zero-order chi connectivity index (χ0) is 23.6. The summed E-state index contributed by atoms with van der Waals surface area (Å²) in [5.41, 5.74) is 12.9. The third-order valence-corrected chi connectivity index (χ3v) is 6.00. The molecule has 3 aromatic rings. The maximum atomic E-state index is 9.96. The third kappa shape index (κ3) is 4.25. The summed E-state index contributed by atoms with van der Waals surface area (Å²) in [6.45, 7) is 7.05. The lowest BCUT2D eigenvalue weighted by atomic mass is 9.83. The monoisotopic (exact) mass is 438 g/mol. The van der Waals surface area contributed by atoms with E-state index in [1.54, 1.807) is 12.3 Å². The summed E-state index contributed by atoms with van der Waals surface area (Å²) in [4.78, 5) is 9.08. The third-order valence-electron chi connectivity index (χ3n) is 6.00. The lowest BCUT2D eigenvalue weighted by Crippen LogP contribution is -2.28. The molecule has 2 aromatic carbocycles. The first-order valence-electron chi connectivity index (χ1n) is 10.7. The Bertz CT molecular complexity index is 1330. The molecule has 0 bridgehead atoms. The SMILES string of the molecule is Cc1cc(C#CCN)c(C#N)cc1Nc1nccc(-c2cc(C)c3c(c2)[C@@](C)(CO)CN3)n1. The van der Waals surface area contributed by atoms with Crippen molar-refractivity contribution in [3.05, 3.63) is 64.3 Å². The number of nitrogens with one attached hydrogen (secondary N) is 2. The molecule has 0 aliphatic carbocycles. The van der Waals surface area contributed by atoms with E-state index in [0.717, 1.165) is 39.3 Å². The van der Waals surface area contributed by atoms with Gasteiger partial charge in [-0.2, -0.15) is 5.26 Å². The van der Waals surface area contributed by atoms with Gasteiger partial charge in [-0.25, -0.2) is 9.97 Å². The van der Waals surface area contributed by atoms with E-state index in [1.807, 2.05) is 19.1 Å². The van der Waals surface area contributed by atoms with E-state index < -0.39 is 0 Å². The zero-order valence-corrected chi connectivity index (χ0v) is 19.0.